The third-order valence-corrected chi connectivity index (χ3v) is 3.96. The molecule has 2 rings (SSSR count). The van der Waals surface area contributed by atoms with Crippen LogP contribution in [0.25, 0.3) is 0 Å². The molecule has 0 spiro atoms. The molecule has 0 saturated carbocycles. The van der Waals surface area contributed by atoms with Gasteiger partial charge in [-0.05, 0) is 38.9 Å². The largest absolute Gasteiger partial charge is 0.508 e. The Hall–Kier alpha value is -1.06. The van der Waals surface area contributed by atoms with E-state index in [9.17, 15) is 5.11 Å². The third-order valence-electron chi connectivity index (χ3n) is 3.96. The lowest BCUT2D eigenvalue weighted by Crippen LogP contribution is -2.38. The summed E-state index contributed by atoms with van der Waals surface area (Å²) < 4.78 is 0. The van der Waals surface area contributed by atoms with Crippen molar-refractivity contribution in [3.63, 3.8) is 0 Å². The number of nitrogens with one attached hydrogen (secondary N) is 1. The molecule has 1 fully saturated rings. The van der Waals surface area contributed by atoms with Gasteiger partial charge < -0.3 is 10.4 Å². The van der Waals surface area contributed by atoms with Crippen LogP contribution < -0.4 is 5.32 Å². The molecule has 3 nitrogen and oxygen atoms in total. The van der Waals surface area contributed by atoms with Gasteiger partial charge in [0, 0.05) is 24.2 Å². The highest BCUT2D eigenvalue weighted by Gasteiger charge is 2.22. The van der Waals surface area contributed by atoms with Gasteiger partial charge in [0.05, 0.1) is 0 Å². The summed E-state index contributed by atoms with van der Waals surface area (Å²) in [4.78, 5) is 2.43. The van der Waals surface area contributed by atoms with E-state index >= 15 is 0 Å². The Morgan fingerprint density at radius 3 is 2.83 bits per heavy atom. The zero-order valence-electron chi connectivity index (χ0n) is 11.4. The highest BCUT2D eigenvalue weighted by atomic mass is 16.3. The fraction of sp³-hybridized carbons (Fsp3) is 0.600. The van der Waals surface area contributed by atoms with Crippen LogP contribution >= 0.6 is 0 Å². The number of hydrogen-bond acceptors (Lipinski definition) is 3. The van der Waals surface area contributed by atoms with Crippen LogP contribution in [0, 0.1) is 0 Å². The van der Waals surface area contributed by atoms with E-state index in [1.54, 1.807) is 6.07 Å². The number of nitrogens with zero attached hydrogens (tertiary/aromatic N) is 1. The number of phenols is 1. The lowest BCUT2D eigenvalue weighted by atomic mass is 10.0. The second kappa shape index (κ2) is 6.21. The van der Waals surface area contributed by atoms with Crippen LogP contribution in [-0.2, 0) is 0 Å². The third kappa shape index (κ3) is 3.03. The predicted octanol–water partition coefficient (Wildman–Crippen LogP) is 2.53. The molecular formula is C15H24N2O. The first-order chi connectivity index (χ1) is 8.72. The van der Waals surface area contributed by atoms with Crippen LogP contribution in [0.2, 0.25) is 0 Å². The Morgan fingerprint density at radius 1 is 1.44 bits per heavy atom. The van der Waals surface area contributed by atoms with Gasteiger partial charge in [-0.3, -0.25) is 4.90 Å². The number of aromatic hydroxyl groups is 1. The van der Waals surface area contributed by atoms with E-state index in [1.807, 2.05) is 18.2 Å². The fourth-order valence-corrected chi connectivity index (χ4v) is 2.79. The molecule has 1 aromatic carbocycles. The molecule has 0 aliphatic carbocycles. The van der Waals surface area contributed by atoms with Crippen LogP contribution in [0.4, 0.5) is 0 Å². The van der Waals surface area contributed by atoms with E-state index in [0.29, 0.717) is 11.8 Å². The highest BCUT2D eigenvalue weighted by Crippen LogP contribution is 2.28. The van der Waals surface area contributed by atoms with Crippen LogP contribution in [0.3, 0.4) is 0 Å². The summed E-state index contributed by atoms with van der Waals surface area (Å²) in [5.41, 5.74) is 1.03. The minimum Gasteiger partial charge on any atom is -0.508 e. The van der Waals surface area contributed by atoms with Gasteiger partial charge in [-0.1, -0.05) is 25.1 Å². The summed E-state index contributed by atoms with van der Waals surface area (Å²) in [6.07, 6.45) is 2.55. The normalized spacial score (nSPS) is 21.4. The van der Waals surface area contributed by atoms with E-state index in [4.69, 9.17) is 0 Å². The van der Waals surface area contributed by atoms with Gasteiger partial charge in [0.15, 0.2) is 0 Å². The van der Waals surface area contributed by atoms with Gasteiger partial charge in [-0.15, -0.1) is 0 Å². The molecule has 2 unspecified atom stereocenters. The molecule has 1 saturated heterocycles. The topological polar surface area (TPSA) is 35.5 Å². The summed E-state index contributed by atoms with van der Waals surface area (Å²) in [6, 6.07) is 8.53. The monoisotopic (exact) mass is 248 g/mol. The van der Waals surface area contributed by atoms with Crippen molar-refractivity contribution in [2.24, 2.45) is 0 Å². The van der Waals surface area contributed by atoms with Gasteiger partial charge in [0.2, 0.25) is 0 Å². The van der Waals surface area contributed by atoms with E-state index < -0.39 is 0 Å². The Kier molecular flexibility index (Phi) is 4.61. The zero-order chi connectivity index (χ0) is 13.0. The van der Waals surface area contributed by atoms with Crippen LogP contribution in [0.1, 0.15) is 38.3 Å². The molecule has 1 heterocycles. The number of para-hydroxylation sites is 1. The zero-order valence-corrected chi connectivity index (χ0v) is 11.4. The first-order valence-electron chi connectivity index (χ1n) is 6.97. The second-order valence-corrected chi connectivity index (χ2v) is 5.12. The molecule has 1 aliphatic rings. The number of hydrogen-bond donors (Lipinski definition) is 2. The molecule has 18 heavy (non-hydrogen) atoms. The molecule has 0 aromatic heterocycles. The van der Waals surface area contributed by atoms with Gasteiger partial charge in [0.25, 0.3) is 0 Å². The Balaban J connectivity index is 2.04. The lowest BCUT2D eigenvalue weighted by molar-refractivity contribution is 0.199. The molecule has 1 aromatic rings. The Labute approximate surface area is 110 Å². The molecule has 0 amide bonds. The standard InChI is InChI=1S/C15H24N2O/c1-3-17(11-13-7-6-10-16-13)12(2)14-8-4-5-9-15(14)18/h4-5,8-9,12-13,16,18H,3,6-7,10-11H2,1-2H3. The van der Waals surface area contributed by atoms with Gasteiger partial charge in [-0.25, -0.2) is 0 Å². The maximum Gasteiger partial charge on any atom is 0.120 e. The number of phenolic OH excluding ortho intramolecular Hbond substituents is 1. The SMILES string of the molecule is CCN(CC1CCCN1)C(C)c1ccccc1O. The summed E-state index contributed by atoms with van der Waals surface area (Å²) in [5.74, 6) is 0.405. The van der Waals surface area contributed by atoms with Gasteiger partial charge >= 0.3 is 0 Å². The van der Waals surface area contributed by atoms with E-state index in [1.165, 1.54) is 12.8 Å². The van der Waals surface area contributed by atoms with E-state index in [-0.39, 0.29) is 6.04 Å². The summed E-state index contributed by atoms with van der Waals surface area (Å²) in [7, 11) is 0. The minimum atomic E-state index is 0.263. The quantitative estimate of drug-likeness (QED) is 0.840. The number of likely N-dealkylation sites (N-methyl/N-ethyl adjacent to an activating group) is 1. The molecule has 0 bridgehead atoms. The van der Waals surface area contributed by atoms with Gasteiger partial charge in [0.1, 0.15) is 5.75 Å². The van der Waals surface area contributed by atoms with Crippen LogP contribution in [0.15, 0.2) is 24.3 Å². The average molecular weight is 248 g/mol. The molecule has 1 aliphatic heterocycles. The molecule has 3 heteroatoms. The summed E-state index contributed by atoms with van der Waals surface area (Å²) in [6.45, 7) is 7.58. The second-order valence-electron chi connectivity index (χ2n) is 5.12. The Bertz CT molecular complexity index is 375. The molecule has 0 radical (unpaired) electrons. The molecular weight excluding hydrogens is 224 g/mol. The first kappa shape index (κ1) is 13.4. The van der Waals surface area contributed by atoms with Crippen LogP contribution in [-0.4, -0.2) is 35.7 Å². The van der Waals surface area contributed by atoms with Crippen molar-refractivity contribution in [3.8, 4) is 5.75 Å². The van der Waals surface area contributed by atoms with Crippen molar-refractivity contribution in [3.05, 3.63) is 29.8 Å². The van der Waals surface area contributed by atoms with Crippen molar-refractivity contribution in [2.45, 2.75) is 38.8 Å². The predicted molar refractivity (Wildman–Crippen MR) is 74.8 cm³/mol. The van der Waals surface area contributed by atoms with Crippen molar-refractivity contribution in [2.75, 3.05) is 19.6 Å². The van der Waals surface area contributed by atoms with Crippen molar-refractivity contribution >= 4 is 0 Å². The smallest absolute Gasteiger partial charge is 0.120 e. The fourth-order valence-electron chi connectivity index (χ4n) is 2.79. The maximum atomic E-state index is 9.94. The lowest BCUT2D eigenvalue weighted by Gasteiger charge is -2.31. The minimum absolute atomic E-state index is 0.263. The first-order valence-corrected chi connectivity index (χ1v) is 6.97. The van der Waals surface area contributed by atoms with Crippen LogP contribution in [0.5, 0.6) is 5.75 Å². The average Bonchev–Trinajstić information content (AvgIpc) is 2.88. The van der Waals surface area contributed by atoms with Crippen molar-refractivity contribution in [1.82, 2.24) is 10.2 Å². The number of rotatable bonds is 5. The van der Waals surface area contributed by atoms with Crippen molar-refractivity contribution in [1.29, 1.82) is 0 Å². The molecule has 100 valence electrons. The van der Waals surface area contributed by atoms with E-state index in [0.717, 1.165) is 25.2 Å². The van der Waals surface area contributed by atoms with Gasteiger partial charge in [-0.2, -0.15) is 0 Å². The summed E-state index contributed by atoms with van der Waals surface area (Å²) >= 11 is 0. The highest BCUT2D eigenvalue weighted by molar-refractivity contribution is 5.34. The summed E-state index contributed by atoms with van der Waals surface area (Å²) in [5, 5.41) is 13.5. The van der Waals surface area contributed by atoms with E-state index in [2.05, 4.69) is 24.1 Å². The maximum absolute atomic E-state index is 9.94. The Morgan fingerprint density at radius 2 is 2.22 bits per heavy atom. The molecule has 2 atom stereocenters. The van der Waals surface area contributed by atoms with Crippen molar-refractivity contribution < 1.29 is 5.11 Å². The number of benzene rings is 1. The molecule has 2 N–H and O–H groups in total.